The average molecular weight is 424 g/mol. The van der Waals surface area contributed by atoms with Crippen LogP contribution in [0.5, 0.6) is 0 Å². The van der Waals surface area contributed by atoms with Crippen LogP contribution in [0.2, 0.25) is 0 Å². The molecule has 4 rings (SSSR count). The molecule has 5 heteroatoms. The fourth-order valence-electron chi connectivity index (χ4n) is 4.57. The Balaban J connectivity index is 1.50. The Hall–Kier alpha value is -1.82. The molecule has 30 heavy (non-hydrogen) atoms. The predicted octanol–water partition coefficient (Wildman–Crippen LogP) is 5.60. The van der Waals surface area contributed by atoms with Gasteiger partial charge in [-0.1, -0.05) is 12.1 Å². The van der Waals surface area contributed by atoms with Crippen LogP contribution in [0.25, 0.3) is 10.2 Å². The molecule has 1 aliphatic heterocycles. The van der Waals surface area contributed by atoms with Crippen LogP contribution in [0, 0.1) is 12.3 Å². The maximum atomic E-state index is 6.00. The normalized spacial score (nSPS) is 20.3. The second-order valence-corrected chi connectivity index (χ2v) is 10.3. The van der Waals surface area contributed by atoms with Crippen LogP contribution in [-0.2, 0) is 16.7 Å². The van der Waals surface area contributed by atoms with Crippen molar-refractivity contribution >= 4 is 21.6 Å². The molecule has 0 N–H and O–H groups in total. The van der Waals surface area contributed by atoms with Crippen molar-refractivity contribution in [2.75, 3.05) is 26.3 Å². The van der Waals surface area contributed by atoms with Gasteiger partial charge in [-0.3, -0.25) is 9.88 Å². The van der Waals surface area contributed by atoms with Crippen molar-refractivity contribution < 1.29 is 4.74 Å². The van der Waals surface area contributed by atoms with Crippen molar-refractivity contribution in [1.82, 2.24) is 14.9 Å². The van der Waals surface area contributed by atoms with E-state index in [0.717, 1.165) is 49.7 Å². The van der Waals surface area contributed by atoms with Crippen molar-refractivity contribution in [2.24, 2.45) is 5.41 Å². The summed E-state index contributed by atoms with van der Waals surface area (Å²) in [6.07, 6.45) is 7.35. The SMILES string of the molecule is CCOC[C@@]1(CCc2cc3cccnc3s2)CCN(C(C)(C)c2ccc(C)nc2)C1. The van der Waals surface area contributed by atoms with Crippen LogP contribution < -0.4 is 0 Å². The molecule has 1 aliphatic rings. The predicted molar refractivity (Wildman–Crippen MR) is 125 cm³/mol. The Labute approximate surface area is 184 Å². The van der Waals surface area contributed by atoms with E-state index < -0.39 is 0 Å². The van der Waals surface area contributed by atoms with Crippen molar-refractivity contribution in [3.8, 4) is 0 Å². The van der Waals surface area contributed by atoms with E-state index in [1.54, 1.807) is 0 Å². The lowest BCUT2D eigenvalue weighted by molar-refractivity contribution is 0.0386. The zero-order chi connectivity index (χ0) is 21.2. The number of ether oxygens (including phenoxy) is 1. The van der Waals surface area contributed by atoms with Crippen LogP contribution in [-0.4, -0.2) is 41.2 Å². The monoisotopic (exact) mass is 423 g/mol. The quantitative estimate of drug-likeness (QED) is 0.473. The molecule has 0 radical (unpaired) electrons. The molecule has 0 aliphatic carbocycles. The topological polar surface area (TPSA) is 38.2 Å². The molecular weight excluding hydrogens is 390 g/mol. The first-order chi connectivity index (χ1) is 14.4. The van der Waals surface area contributed by atoms with E-state index in [1.165, 1.54) is 22.2 Å². The van der Waals surface area contributed by atoms with E-state index in [9.17, 15) is 0 Å². The number of nitrogens with zero attached hydrogens (tertiary/aromatic N) is 3. The Kier molecular flexibility index (Phi) is 6.24. The molecule has 1 atom stereocenters. The zero-order valence-electron chi connectivity index (χ0n) is 18.6. The molecule has 160 valence electrons. The first kappa shape index (κ1) is 21.4. The van der Waals surface area contributed by atoms with Gasteiger partial charge >= 0.3 is 0 Å². The first-order valence-corrected chi connectivity index (χ1v) is 11.8. The van der Waals surface area contributed by atoms with Crippen LogP contribution in [0.15, 0.2) is 42.7 Å². The van der Waals surface area contributed by atoms with Crippen LogP contribution in [0.1, 0.15) is 49.7 Å². The maximum absolute atomic E-state index is 6.00. The fraction of sp³-hybridized carbons (Fsp3) is 0.520. The van der Waals surface area contributed by atoms with Gasteiger partial charge in [0.05, 0.1) is 6.61 Å². The largest absolute Gasteiger partial charge is 0.381 e. The smallest absolute Gasteiger partial charge is 0.123 e. The summed E-state index contributed by atoms with van der Waals surface area (Å²) >= 11 is 1.83. The maximum Gasteiger partial charge on any atom is 0.123 e. The van der Waals surface area contributed by atoms with E-state index in [1.807, 2.05) is 36.7 Å². The minimum atomic E-state index is -0.0316. The lowest BCUT2D eigenvalue weighted by Gasteiger charge is -2.38. The number of hydrogen-bond acceptors (Lipinski definition) is 5. The minimum absolute atomic E-state index is 0.0316. The van der Waals surface area contributed by atoms with Gasteiger partial charge in [0, 0.05) is 52.5 Å². The van der Waals surface area contributed by atoms with Crippen molar-refractivity contribution in [1.29, 1.82) is 0 Å². The van der Waals surface area contributed by atoms with Crippen molar-refractivity contribution in [3.05, 3.63) is 58.9 Å². The molecule has 3 aromatic heterocycles. The number of likely N-dealkylation sites (tertiary alicyclic amines) is 1. The third-order valence-corrected chi connectivity index (χ3v) is 7.82. The molecule has 4 nitrogen and oxygen atoms in total. The summed E-state index contributed by atoms with van der Waals surface area (Å²) in [5.41, 5.74) is 2.53. The van der Waals surface area contributed by atoms with E-state index in [-0.39, 0.29) is 11.0 Å². The zero-order valence-corrected chi connectivity index (χ0v) is 19.5. The highest BCUT2D eigenvalue weighted by Gasteiger charge is 2.43. The molecule has 0 bridgehead atoms. The van der Waals surface area contributed by atoms with Crippen molar-refractivity contribution in [3.63, 3.8) is 0 Å². The molecule has 0 saturated carbocycles. The number of fused-ring (bicyclic) bond motifs is 1. The van der Waals surface area contributed by atoms with E-state index >= 15 is 0 Å². The second kappa shape index (κ2) is 8.74. The number of rotatable bonds is 8. The summed E-state index contributed by atoms with van der Waals surface area (Å²) in [5, 5.41) is 1.26. The molecule has 0 unspecified atom stereocenters. The Morgan fingerprint density at radius 3 is 2.83 bits per heavy atom. The number of hydrogen-bond donors (Lipinski definition) is 0. The van der Waals surface area contributed by atoms with Gasteiger partial charge < -0.3 is 4.74 Å². The van der Waals surface area contributed by atoms with E-state index in [0.29, 0.717) is 0 Å². The standard InChI is InChI=1S/C25H33N3OS/c1-5-29-18-25(11-10-22-15-20-7-6-13-26-23(20)30-22)12-14-28(17-25)24(3,4)21-9-8-19(2)27-16-21/h6-9,13,15-16H,5,10-12,14,17-18H2,1-4H3/t25-/m0/s1. The Bertz CT molecular complexity index is 948. The summed E-state index contributed by atoms with van der Waals surface area (Å²) in [6, 6.07) is 10.8. The highest BCUT2D eigenvalue weighted by Crippen LogP contribution is 2.42. The summed E-state index contributed by atoms with van der Waals surface area (Å²) < 4.78 is 6.00. The number of aromatic nitrogens is 2. The van der Waals surface area contributed by atoms with Gasteiger partial charge in [0.2, 0.25) is 0 Å². The summed E-state index contributed by atoms with van der Waals surface area (Å²) in [6.45, 7) is 12.6. The van der Waals surface area contributed by atoms with Gasteiger partial charge in [-0.05, 0) is 77.3 Å². The molecule has 1 fully saturated rings. The van der Waals surface area contributed by atoms with Gasteiger partial charge in [-0.2, -0.15) is 0 Å². The third kappa shape index (κ3) is 4.43. The van der Waals surface area contributed by atoms with Gasteiger partial charge in [-0.25, -0.2) is 4.98 Å². The van der Waals surface area contributed by atoms with Crippen LogP contribution in [0.4, 0.5) is 0 Å². The Morgan fingerprint density at radius 2 is 2.10 bits per heavy atom. The van der Waals surface area contributed by atoms with Gasteiger partial charge in [0.25, 0.3) is 0 Å². The number of thiophene rings is 1. The molecule has 1 saturated heterocycles. The minimum Gasteiger partial charge on any atom is -0.381 e. The molecular formula is C25H33N3OS. The van der Waals surface area contributed by atoms with Crippen LogP contribution >= 0.6 is 11.3 Å². The second-order valence-electron chi connectivity index (χ2n) is 9.17. The fourth-order valence-corrected chi connectivity index (χ4v) is 5.57. The summed E-state index contributed by atoms with van der Waals surface area (Å²) in [4.78, 5) is 14.3. The highest BCUT2D eigenvalue weighted by atomic mass is 32.1. The van der Waals surface area contributed by atoms with Crippen LogP contribution in [0.3, 0.4) is 0 Å². The third-order valence-electron chi connectivity index (χ3n) is 6.71. The lowest BCUT2D eigenvalue weighted by atomic mass is 9.82. The van der Waals surface area contributed by atoms with Gasteiger partial charge in [-0.15, -0.1) is 11.3 Å². The highest BCUT2D eigenvalue weighted by molar-refractivity contribution is 7.18. The summed E-state index contributed by atoms with van der Waals surface area (Å²) in [5.74, 6) is 0. The van der Waals surface area contributed by atoms with E-state index in [4.69, 9.17) is 4.74 Å². The molecule has 0 aromatic carbocycles. The molecule has 3 aromatic rings. The Morgan fingerprint density at radius 1 is 1.23 bits per heavy atom. The van der Waals surface area contributed by atoms with Crippen molar-refractivity contribution in [2.45, 2.75) is 52.5 Å². The molecule has 0 amide bonds. The molecule has 0 spiro atoms. The number of pyridine rings is 2. The average Bonchev–Trinajstić information content (AvgIpc) is 3.36. The van der Waals surface area contributed by atoms with Gasteiger partial charge in [0.15, 0.2) is 0 Å². The van der Waals surface area contributed by atoms with E-state index in [2.05, 4.69) is 59.9 Å². The molecule has 4 heterocycles. The lowest BCUT2D eigenvalue weighted by Crippen LogP contribution is -2.42. The van der Waals surface area contributed by atoms with Gasteiger partial charge in [0.1, 0.15) is 4.83 Å². The first-order valence-electron chi connectivity index (χ1n) is 11.0. The number of aryl methyl sites for hydroxylation is 2. The summed E-state index contributed by atoms with van der Waals surface area (Å²) in [7, 11) is 0.